The molecule has 92 valence electrons. The van der Waals surface area contributed by atoms with Crippen LogP contribution in [0.15, 0.2) is 24.3 Å². The molecule has 0 heterocycles. The molecule has 1 rings (SSSR count). The Kier molecular flexibility index (Phi) is 3.66. The Morgan fingerprint density at radius 1 is 1.41 bits per heavy atom. The van der Waals surface area contributed by atoms with Crippen molar-refractivity contribution < 1.29 is 22.9 Å². The standard InChI is InChI=1S/C9H7F3N2O3/c10-9(11,12)5-13-8(15)6-2-1-3-7(4-6)14(16)17/h1-4H,5H2,(H,13,15). The molecule has 0 aliphatic rings. The van der Waals surface area contributed by atoms with Gasteiger partial charge in [0.1, 0.15) is 6.54 Å². The van der Waals surface area contributed by atoms with Gasteiger partial charge < -0.3 is 5.32 Å². The lowest BCUT2D eigenvalue weighted by molar-refractivity contribution is -0.384. The Hall–Kier alpha value is -2.12. The molecular formula is C9H7F3N2O3. The number of nitro benzene ring substituents is 1. The molecule has 8 heteroatoms. The van der Waals surface area contributed by atoms with E-state index < -0.39 is 23.6 Å². The molecule has 17 heavy (non-hydrogen) atoms. The normalized spacial score (nSPS) is 11.0. The molecule has 5 nitrogen and oxygen atoms in total. The average Bonchev–Trinajstić information content (AvgIpc) is 2.25. The molecule has 0 unspecified atom stereocenters. The van der Waals surface area contributed by atoms with E-state index in [0.29, 0.717) is 0 Å². The van der Waals surface area contributed by atoms with E-state index in [0.717, 1.165) is 12.1 Å². The summed E-state index contributed by atoms with van der Waals surface area (Å²) in [6, 6.07) is 4.46. The number of carbonyl (C=O) groups excluding carboxylic acids is 1. The third-order valence-corrected chi connectivity index (χ3v) is 1.77. The van der Waals surface area contributed by atoms with E-state index in [2.05, 4.69) is 0 Å². The topological polar surface area (TPSA) is 72.2 Å². The molecular weight excluding hydrogens is 241 g/mol. The summed E-state index contributed by atoms with van der Waals surface area (Å²) in [6.45, 7) is -1.48. The lowest BCUT2D eigenvalue weighted by Gasteiger charge is -2.07. The van der Waals surface area contributed by atoms with Crippen LogP contribution < -0.4 is 5.32 Å². The van der Waals surface area contributed by atoms with Gasteiger partial charge in [-0.3, -0.25) is 14.9 Å². The van der Waals surface area contributed by atoms with Crippen molar-refractivity contribution in [1.82, 2.24) is 5.32 Å². The molecule has 0 bridgehead atoms. The number of rotatable bonds is 3. The molecule has 0 fully saturated rings. The second-order valence-electron chi connectivity index (χ2n) is 3.11. The zero-order valence-corrected chi connectivity index (χ0v) is 8.32. The smallest absolute Gasteiger partial charge is 0.343 e. The van der Waals surface area contributed by atoms with Crippen LogP contribution in [0.1, 0.15) is 10.4 Å². The Labute approximate surface area is 93.4 Å². The van der Waals surface area contributed by atoms with E-state index >= 15 is 0 Å². The lowest BCUT2D eigenvalue weighted by Crippen LogP contribution is -2.33. The zero-order chi connectivity index (χ0) is 13.1. The fourth-order valence-corrected chi connectivity index (χ4v) is 1.04. The highest BCUT2D eigenvalue weighted by Crippen LogP contribution is 2.15. The number of benzene rings is 1. The van der Waals surface area contributed by atoms with Crippen LogP contribution in [0.3, 0.4) is 0 Å². The third kappa shape index (κ3) is 4.09. The van der Waals surface area contributed by atoms with E-state index in [1.165, 1.54) is 12.1 Å². The molecule has 1 amide bonds. The summed E-state index contributed by atoms with van der Waals surface area (Å²) >= 11 is 0. The Morgan fingerprint density at radius 3 is 2.59 bits per heavy atom. The van der Waals surface area contributed by atoms with Gasteiger partial charge in [-0.2, -0.15) is 13.2 Å². The van der Waals surface area contributed by atoms with Crippen molar-refractivity contribution in [2.45, 2.75) is 6.18 Å². The molecule has 1 aromatic carbocycles. The van der Waals surface area contributed by atoms with E-state index in [1.807, 2.05) is 0 Å². The number of hydrogen-bond acceptors (Lipinski definition) is 3. The van der Waals surface area contributed by atoms with E-state index in [-0.39, 0.29) is 11.3 Å². The first-order chi connectivity index (χ1) is 7.79. The number of hydrogen-bond donors (Lipinski definition) is 1. The maximum Gasteiger partial charge on any atom is 0.405 e. The van der Waals surface area contributed by atoms with Crippen LogP contribution >= 0.6 is 0 Å². The van der Waals surface area contributed by atoms with Crippen LogP contribution in [-0.2, 0) is 0 Å². The number of alkyl halides is 3. The van der Waals surface area contributed by atoms with Crippen LogP contribution in [0.2, 0.25) is 0 Å². The summed E-state index contributed by atoms with van der Waals surface area (Å²) in [6.07, 6.45) is -4.52. The van der Waals surface area contributed by atoms with Gasteiger partial charge in [0.05, 0.1) is 4.92 Å². The predicted octanol–water partition coefficient (Wildman–Crippen LogP) is 1.89. The molecule has 0 aliphatic heterocycles. The second-order valence-corrected chi connectivity index (χ2v) is 3.11. The largest absolute Gasteiger partial charge is 0.405 e. The van der Waals surface area contributed by atoms with Gasteiger partial charge in [0.25, 0.3) is 11.6 Å². The number of nitrogens with zero attached hydrogens (tertiary/aromatic N) is 1. The van der Waals surface area contributed by atoms with Crippen LogP contribution in [0, 0.1) is 10.1 Å². The van der Waals surface area contributed by atoms with E-state index in [1.54, 1.807) is 5.32 Å². The molecule has 0 saturated carbocycles. The fraction of sp³-hybridized carbons (Fsp3) is 0.222. The zero-order valence-electron chi connectivity index (χ0n) is 8.32. The highest BCUT2D eigenvalue weighted by Gasteiger charge is 2.28. The first-order valence-corrected chi connectivity index (χ1v) is 4.39. The lowest BCUT2D eigenvalue weighted by atomic mass is 10.2. The molecule has 0 saturated heterocycles. The minimum absolute atomic E-state index is 0.191. The second kappa shape index (κ2) is 4.81. The number of non-ortho nitro benzene ring substituents is 1. The number of carbonyl (C=O) groups is 1. The van der Waals surface area contributed by atoms with Crippen LogP contribution in [0.5, 0.6) is 0 Å². The molecule has 1 aromatic rings. The minimum Gasteiger partial charge on any atom is -0.343 e. The van der Waals surface area contributed by atoms with Gasteiger partial charge in [0, 0.05) is 17.7 Å². The Balaban J connectivity index is 2.76. The summed E-state index contributed by atoms with van der Waals surface area (Å²) in [7, 11) is 0. The summed E-state index contributed by atoms with van der Waals surface area (Å²) < 4.78 is 35.4. The van der Waals surface area contributed by atoms with Gasteiger partial charge >= 0.3 is 6.18 Å². The maximum absolute atomic E-state index is 11.8. The van der Waals surface area contributed by atoms with Crippen molar-refractivity contribution in [2.75, 3.05) is 6.54 Å². The summed E-state index contributed by atoms with van der Waals surface area (Å²) in [5.41, 5.74) is -0.548. The minimum atomic E-state index is -4.52. The number of nitrogens with one attached hydrogen (secondary N) is 1. The maximum atomic E-state index is 11.8. The highest BCUT2D eigenvalue weighted by molar-refractivity contribution is 5.94. The SMILES string of the molecule is O=C(NCC(F)(F)F)c1cccc([N+](=O)[O-])c1. The van der Waals surface area contributed by atoms with Gasteiger partial charge in [-0.1, -0.05) is 6.07 Å². The predicted molar refractivity (Wildman–Crippen MR) is 51.5 cm³/mol. The van der Waals surface area contributed by atoms with E-state index in [9.17, 15) is 28.1 Å². The molecule has 0 radical (unpaired) electrons. The van der Waals surface area contributed by atoms with Gasteiger partial charge in [0.15, 0.2) is 0 Å². The van der Waals surface area contributed by atoms with Crippen molar-refractivity contribution in [3.63, 3.8) is 0 Å². The number of amides is 1. The van der Waals surface area contributed by atoms with Gasteiger partial charge in [-0.15, -0.1) is 0 Å². The summed E-state index contributed by atoms with van der Waals surface area (Å²) in [5.74, 6) is -1.01. The number of nitro groups is 1. The quantitative estimate of drug-likeness (QED) is 0.655. The molecule has 0 aromatic heterocycles. The van der Waals surface area contributed by atoms with E-state index in [4.69, 9.17) is 0 Å². The van der Waals surface area contributed by atoms with Crippen LogP contribution in [0.4, 0.5) is 18.9 Å². The summed E-state index contributed by atoms with van der Waals surface area (Å²) in [4.78, 5) is 20.9. The Morgan fingerprint density at radius 2 is 2.06 bits per heavy atom. The molecule has 0 atom stereocenters. The van der Waals surface area contributed by atoms with Crippen molar-refractivity contribution in [2.24, 2.45) is 0 Å². The summed E-state index contributed by atoms with van der Waals surface area (Å²) in [5, 5.41) is 12.0. The third-order valence-electron chi connectivity index (χ3n) is 1.77. The van der Waals surface area contributed by atoms with Crippen LogP contribution in [0.25, 0.3) is 0 Å². The monoisotopic (exact) mass is 248 g/mol. The fourth-order valence-electron chi connectivity index (χ4n) is 1.04. The van der Waals surface area contributed by atoms with Crippen molar-refractivity contribution >= 4 is 11.6 Å². The molecule has 0 aliphatic carbocycles. The van der Waals surface area contributed by atoms with Crippen molar-refractivity contribution in [3.05, 3.63) is 39.9 Å². The van der Waals surface area contributed by atoms with Gasteiger partial charge in [-0.05, 0) is 6.07 Å². The Bertz CT molecular complexity index is 445. The first-order valence-electron chi connectivity index (χ1n) is 4.39. The van der Waals surface area contributed by atoms with Crippen molar-refractivity contribution in [3.8, 4) is 0 Å². The first kappa shape index (κ1) is 12.9. The number of halogens is 3. The average molecular weight is 248 g/mol. The van der Waals surface area contributed by atoms with Crippen LogP contribution in [-0.4, -0.2) is 23.6 Å². The van der Waals surface area contributed by atoms with Crippen molar-refractivity contribution in [1.29, 1.82) is 0 Å². The molecule has 0 spiro atoms. The van der Waals surface area contributed by atoms with Gasteiger partial charge in [-0.25, -0.2) is 0 Å². The highest BCUT2D eigenvalue weighted by atomic mass is 19.4. The molecule has 1 N–H and O–H groups in total. The van der Waals surface area contributed by atoms with Gasteiger partial charge in [0.2, 0.25) is 0 Å².